The Hall–Kier alpha value is -3.61. The van der Waals surface area contributed by atoms with Crippen LogP contribution in [0.2, 0.25) is 0 Å². The first-order valence-electron chi connectivity index (χ1n) is 12.6. The molecule has 3 rings (SSSR count). The summed E-state index contributed by atoms with van der Waals surface area (Å²) in [5.41, 5.74) is 4.49. The van der Waals surface area contributed by atoms with Crippen molar-refractivity contribution in [2.75, 3.05) is 23.7 Å². The van der Waals surface area contributed by atoms with Crippen LogP contribution in [0.15, 0.2) is 54.6 Å². The highest BCUT2D eigenvalue weighted by Gasteiger charge is 2.24. The van der Waals surface area contributed by atoms with Gasteiger partial charge in [-0.15, -0.1) is 0 Å². The van der Waals surface area contributed by atoms with Gasteiger partial charge in [0.15, 0.2) is 0 Å². The van der Waals surface area contributed by atoms with Gasteiger partial charge < -0.3 is 15.5 Å². The summed E-state index contributed by atoms with van der Waals surface area (Å²) < 4.78 is 1.77. The fraction of sp³-hybridized carbons (Fsp3) is 0.414. The van der Waals surface area contributed by atoms with Gasteiger partial charge in [-0.3, -0.25) is 4.79 Å². The van der Waals surface area contributed by atoms with Crippen LogP contribution < -0.4 is 10.6 Å². The van der Waals surface area contributed by atoms with Crippen molar-refractivity contribution in [1.29, 1.82) is 0 Å². The molecular formula is C29H39N5O2. The molecule has 7 nitrogen and oxygen atoms in total. The lowest BCUT2D eigenvalue weighted by Gasteiger charge is -2.24. The van der Waals surface area contributed by atoms with Gasteiger partial charge in [-0.2, -0.15) is 5.10 Å². The van der Waals surface area contributed by atoms with Crippen molar-refractivity contribution < 1.29 is 9.59 Å². The quantitative estimate of drug-likeness (QED) is 0.397. The van der Waals surface area contributed by atoms with Crippen LogP contribution >= 0.6 is 0 Å². The second-order valence-corrected chi connectivity index (χ2v) is 10.7. The first-order valence-corrected chi connectivity index (χ1v) is 12.6. The molecule has 0 saturated carbocycles. The van der Waals surface area contributed by atoms with Crippen LogP contribution in [-0.4, -0.2) is 39.7 Å². The molecule has 2 aromatic carbocycles. The van der Waals surface area contributed by atoms with E-state index in [-0.39, 0.29) is 29.8 Å². The molecule has 0 aliphatic carbocycles. The smallest absolute Gasteiger partial charge is 0.315 e. The fourth-order valence-corrected chi connectivity index (χ4v) is 3.91. The number of hydrogen-bond donors (Lipinski definition) is 2. The monoisotopic (exact) mass is 489 g/mol. The summed E-state index contributed by atoms with van der Waals surface area (Å²) in [6.07, 6.45) is 0.882. The minimum atomic E-state index is -0.296. The Bertz CT molecular complexity index is 1210. The third-order valence-electron chi connectivity index (χ3n) is 5.88. The molecule has 0 unspecified atom stereocenters. The van der Waals surface area contributed by atoms with Crippen molar-refractivity contribution in [3.63, 3.8) is 0 Å². The Kier molecular flexibility index (Phi) is 8.56. The highest BCUT2D eigenvalue weighted by molar-refractivity contribution is 5.96. The number of anilines is 2. The molecule has 0 aliphatic heterocycles. The zero-order valence-electron chi connectivity index (χ0n) is 22.6. The van der Waals surface area contributed by atoms with Gasteiger partial charge in [-0.05, 0) is 48.6 Å². The van der Waals surface area contributed by atoms with Gasteiger partial charge in [0.05, 0.1) is 11.4 Å². The SMILES string of the molecule is CCc1cccc(NC(=O)N(CC(=O)Nc2cc(C(C)(C)C)nn2-c2ccccc2C)CC(C)C)c1. The number of aryl methyl sites for hydroxylation is 2. The van der Waals surface area contributed by atoms with E-state index in [1.165, 1.54) is 0 Å². The van der Waals surface area contributed by atoms with Crippen LogP contribution in [0.5, 0.6) is 0 Å². The summed E-state index contributed by atoms with van der Waals surface area (Å²) in [6, 6.07) is 17.3. The average Bonchev–Trinajstić information content (AvgIpc) is 3.22. The molecular weight excluding hydrogens is 450 g/mol. The maximum Gasteiger partial charge on any atom is 0.322 e. The summed E-state index contributed by atoms with van der Waals surface area (Å²) in [5.74, 6) is 0.513. The van der Waals surface area contributed by atoms with Gasteiger partial charge >= 0.3 is 6.03 Å². The van der Waals surface area contributed by atoms with E-state index in [0.29, 0.717) is 12.4 Å². The predicted molar refractivity (Wildman–Crippen MR) is 147 cm³/mol. The third-order valence-corrected chi connectivity index (χ3v) is 5.88. The van der Waals surface area contributed by atoms with Crippen molar-refractivity contribution in [1.82, 2.24) is 14.7 Å². The molecule has 3 amide bonds. The summed E-state index contributed by atoms with van der Waals surface area (Å²) >= 11 is 0. The van der Waals surface area contributed by atoms with Gasteiger partial charge in [0.25, 0.3) is 0 Å². The molecule has 192 valence electrons. The van der Waals surface area contributed by atoms with E-state index < -0.39 is 0 Å². The number of rotatable bonds is 8. The van der Waals surface area contributed by atoms with Crippen LogP contribution in [0, 0.1) is 12.8 Å². The molecule has 1 heterocycles. The number of para-hydroxylation sites is 1. The second-order valence-electron chi connectivity index (χ2n) is 10.7. The molecule has 3 aromatic rings. The highest BCUT2D eigenvalue weighted by atomic mass is 16.2. The van der Waals surface area contributed by atoms with E-state index in [2.05, 4.69) is 38.3 Å². The normalized spacial score (nSPS) is 11.4. The standard InChI is InChI=1S/C29H39N5O2/c1-8-22-13-11-14-23(16-22)30-28(36)33(18-20(2)3)19-27(35)31-26-17-25(29(5,6)7)32-34(26)24-15-10-9-12-21(24)4/h9-17,20H,8,18-19H2,1-7H3,(H,30,36)(H,31,35). The fourth-order valence-electron chi connectivity index (χ4n) is 3.91. The van der Waals surface area contributed by atoms with E-state index >= 15 is 0 Å². The minimum Gasteiger partial charge on any atom is -0.315 e. The lowest BCUT2D eigenvalue weighted by Crippen LogP contribution is -2.42. The van der Waals surface area contributed by atoms with Crippen LogP contribution in [0.1, 0.15) is 58.4 Å². The van der Waals surface area contributed by atoms with Crippen molar-refractivity contribution in [3.05, 3.63) is 71.4 Å². The molecule has 36 heavy (non-hydrogen) atoms. The largest absolute Gasteiger partial charge is 0.322 e. The predicted octanol–water partition coefficient (Wildman–Crippen LogP) is 6.17. The number of nitrogens with one attached hydrogen (secondary N) is 2. The minimum absolute atomic E-state index is 0.0682. The summed E-state index contributed by atoms with van der Waals surface area (Å²) in [4.78, 5) is 27.9. The number of carbonyl (C=O) groups excluding carboxylic acids is 2. The topological polar surface area (TPSA) is 79.3 Å². The summed E-state index contributed by atoms with van der Waals surface area (Å²) in [5, 5.41) is 10.8. The summed E-state index contributed by atoms with van der Waals surface area (Å²) in [7, 11) is 0. The molecule has 0 saturated heterocycles. The lowest BCUT2D eigenvalue weighted by molar-refractivity contribution is -0.116. The molecule has 0 fully saturated rings. The Morgan fingerprint density at radius 3 is 2.39 bits per heavy atom. The van der Waals surface area contributed by atoms with E-state index in [1.54, 1.807) is 9.58 Å². The van der Waals surface area contributed by atoms with Gasteiger partial charge in [0, 0.05) is 23.7 Å². The Morgan fingerprint density at radius 1 is 1.03 bits per heavy atom. The van der Waals surface area contributed by atoms with Gasteiger partial charge in [-0.25, -0.2) is 9.48 Å². The maximum absolute atomic E-state index is 13.2. The lowest BCUT2D eigenvalue weighted by atomic mass is 9.92. The highest BCUT2D eigenvalue weighted by Crippen LogP contribution is 2.27. The number of amides is 3. The first-order chi connectivity index (χ1) is 17.0. The number of carbonyl (C=O) groups is 2. The van der Waals surface area contributed by atoms with Crippen LogP contribution in [0.4, 0.5) is 16.3 Å². The van der Waals surface area contributed by atoms with E-state index in [9.17, 15) is 9.59 Å². The van der Waals surface area contributed by atoms with Gasteiger partial charge in [0.2, 0.25) is 5.91 Å². The number of urea groups is 1. The Balaban J connectivity index is 1.82. The molecule has 0 aliphatic rings. The van der Waals surface area contributed by atoms with Crippen molar-refractivity contribution >= 4 is 23.4 Å². The number of nitrogens with zero attached hydrogens (tertiary/aromatic N) is 3. The van der Waals surface area contributed by atoms with E-state index in [0.717, 1.165) is 34.6 Å². The molecule has 0 bridgehead atoms. The number of benzene rings is 2. The molecule has 0 radical (unpaired) electrons. The Labute approximate surface area is 214 Å². The Morgan fingerprint density at radius 2 is 1.75 bits per heavy atom. The van der Waals surface area contributed by atoms with Crippen LogP contribution in [-0.2, 0) is 16.6 Å². The van der Waals surface area contributed by atoms with Crippen molar-refractivity contribution in [2.24, 2.45) is 5.92 Å². The average molecular weight is 490 g/mol. The second kappa shape index (κ2) is 11.4. The molecule has 1 aromatic heterocycles. The van der Waals surface area contributed by atoms with E-state index in [4.69, 9.17) is 5.10 Å². The first kappa shape index (κ1) is 27.0. The molecule has 0 spiro atoms. The van der Waals surface area contributed by atoms with Gasteiger partial charge in [-0.1, -0.05) is 71.9 Å². The van der Waals surface area contributed by atoms with Crippen molar-refractivity contribution in [3.8, 4) is 5.69 Å². The van der Waals surface area contributed by atoms with E-state index in [1.807, 2.05) is 75.4 Å². The zero-order valence-corrected chi connectivity index (χ0v) is 22.6. The number of aromatic nitrogens is 2. The van der Waals surface area contributed by atoms with Gasteiger partial charge in [0.1, 0.15) is 12.4 Å². The molecule has 0 atom stereocenters. The number of hydrogen-bond acceptors (Lipinski definition) is 3. The zero-order chi connectivity index (χ0) is 26.5. The molecule has 7 heteroatoms. The van der Waals surface area contributed by atoms with Crippen LogP contribution in [0.25, 0.3) is 5.69 Å². The van der Waals surface area contributed by atoms with Crippen molar-refractivity contribution in [2.45, 2.75) is 60.3 Å². The summed E-state index contributed by atoms with van der Waals surface area (Å²) in [6.45, 7) is 14.8. The third kappa shape index (κ3) is 6.97. The maximum atomic E-state index is 13.2. The molecule has 2 N–H and O–H groups in total. The van der Waals surface area contributed by atoms with Crippen LogP contribution in [0.3, 0.4) is 0 Å².